The molecule has 0 unspecified atom stereocenters. The van der Waals surface area contributed by atoms with Crippen molar-refractivity contribution < 1.29 is 4.74 Å². The van der Waals surface area contributed by atoms with Crippen LogP contribution >= 0.6 is 0 Å². The summed E-state index contributed by atoms with van der Waals surface area (Å²) in [6.45, 7) is 4.55. The summed E-state index contributed by atoms with van der Waals surface area (Å²) in [5.41, 5.74) is 12.1. The summed E-state index contributed by atoms with van der Waals surface area (Å²) in [5.74, 6) is 0.816. The Balaban J connectivity index is 2.35. The molecule has 0 saturated heterocycles. The summed E-state index contributed by atoms with van der Waals surface area (Å²) < 4.78 is 7.60. The highest BCUT2D eigenvalue weighted by Gasteiger charge is 2.17. The Labute approximate surface area is 124 Å². The third-order valence-electron chi connectivity index (χ3n) is 3.74. The van der Waals surface area contributed by atoms with Crippen molar-refractivity contribution in [2.75, 3.05) is 7.11 Å². The van der Waals surface area contributed by atoms with Gasteiger partial charge in [-0.05, 0) is 38.1 Å². The zero-order valence-electron chi connectivity index (χ0n) is 12.6. The van der Waals surface area contributed by atoms with Gasteiger partial charge in [0.2, 0.25) is 0 Å². The van der Waals surface area contributed by atoms with E-state index in [1.807, 2.05) is 24.3 Å². The number of pyridine rings is 1. The molecular formula is C17H19N3O. The third-order valence-corrected chi connectivity index (χ3v) is 3.74. The van der Waals surface area contributed by atoms with Gasteiger partial charge >= 0.3 is 0 Å². The van der Waals surface area contributed by atoms with Gasteiger partial charge in [-0.3, -0.25) is 4.40 Å². The number of fused-ring (bicyclic) bond motifs is 1. The molecule has 4 nitrogen and oxygen atoms in total. The fourth-order valence-corrected chi connectivity index (χ4v) is 2.74. The SMILES string of the molecule is COc1ccc(C)cc1-c1nc2cccc(C)n2c1CN. The van der Waals surface area contributed by atoms with E-state index in [0.717, 1.165) is 34.0 Å². The van der Waals surface area contributed by atoms with Crippen LogP contribution in [0.25, 0.3) is 16.9 Å². The molecule has 1 aromatic carbocycles. The van der Waals surface area contributed by atoms with Gasteiger partial charge in [-0.2, -0.15) is 0 Å². The first-order valence-corrected chi connectivity index (χ1v) is 6.97. The van der Waals surface area contributed by atoms with Gasteiger partial charge in [-0.25, -0.2) is 4.98 Å². The second-order valence-corrected chi connectivity index (χ2v) is 5.18. The van der Waals surface area contributed by atoms with Crippen molar-refractivity contribution in [3.63, 3.8) is 0 Å². The molecule has 0 atom stereocenters. The lowest BCUT2D eigenvalue weighted by Gasteiger charge is -2.09. The molecular weight excluding hydrogens is 262 g/mol. The number of hydrogen-bond acceptors (Lipinski definition) is 3. The average molecular weight is 281 g/mol. The molecule has 0 aliphatic carbocycles. The molecule has 0 bridgehead atoms. The molecule has 108 valence electrons. The summed E-state index contributed by atoms with van der Waals surface area (Å²) in [6, 6.07) is 12.2. The number of aryl methyl sites for hydroxylation is 2. The molecule has 3 aromatic rings. The van der Waals surface area contributed by atoms with E-state index in [1.54, 1.807) is 7.11 Å². The maximum absolute atomic E-state index is 6.00. The monoisotopic (exact) mass is 281 g/mol. The van der Waals surface area contributed by atoms with Gasteiger partial charge in [0.05, 0.1) is 18.5 Å². The van der Waals surface area contributed by atoms with Crippen LogP contribution in [-0.4, -0.2) is 16.5 Å². The summed E-state index contributed by atoms with van der Waals surface area (Å²) in [4.78, 5) is 4.77. The van der Waals surface area contributed by atoms with Crippen LogP contribution in [0.5, 0.6) is 5.75 Å². The zero-order valence-corrected chi connectivity index (χ0v) is 12.6. The van der Waals surface area contributed by atoms with Crippen molar-refractivity contribution in [3.8, 4) is 17.0 Å². The van der Waals surface area contributed by atoms with Gasteiger partial charge in [0.1, 0.15) is 11.4 Å². The average Bonchev–Trinajstić information content (AvgIpc) is 2.87. The summed E-state index contributed by atoms with van der Waals surface area (Å²) >= 11 is 0. The molecule has 2 heterocycles. The topological polar surface area (TPSA) is 52.5 Å². The molecule has 0 aliphatic rings. The lowest BCUT2D eigenvalue weighted by atomic mass is 10.1. The molecule has 0 fully saturated rings. The van der Waals surface area contributed by atoms with E-state index in [2.05, 4.69) is 30.4 Å². The largest absolute Gasteiger partial charge is 0.496 e. The molecule has 0 spiro atoms. The van der Waals surface area contributed by atoms with Crippen LogP contribution in [0.1, 0.15) is 17.0 Å². The predicted octanol–water partition coefficient (Wildman–Crippen LogP) is 3.09. The quantitative estimate of drug-likeness (QED) is 0.802. The molecule has 0 radical (unpaired) electrons. The Hall–Kier alpha value is -2.33. The van der Waals surface area contributed by atoms with Crippen LogP contribution in [0.2, 0.25) is 0 Å². The molecule has 0 aliphatic heterocycles. The van der Waals surface area contributed by atoms with E-state index < -0.39 is 0 Å². The third kappa shape index (κ3) is 2.17. The van der Waals surface area contributed by atoms with Crippen LogP contribution in [0.4, 0.5) is 0 Å². The number of aromatic nitrogens is 2. The molecule has 3 rings (SSSR count). The number of nitrogens with two attached hydrogens (primary N) is 1. The lowest BCUT2D eigenvalue weighted by molar-refractivity contribution is 0.416. The predicted molar refractivity (Wildman–Crippen MR) is 84.5 cm³/mol. The minimum Gasteiger partial charge on any atom is -0.496 e. The second kappa shape index (κ2) is 5.22. The van der Waals surface area contributed by atoms with Gasteiger partial charge in [0.15, 0.2) is 0 Å². The van der Waals surface area contributed by atoms with Gasteiger partial charge in [-0.15, -0.1) is 0 Å². The molecule has 2 aromatic heterocycles. The van der Waals surface area contributed by atoms with E-state index in [4.69, 9.17) is 15.5 Å². The molecule has 21 heavy (non-hydrogen) atoms. The fourth-order valence-electron chi connectivity index (χ4n) is 2.74. The van der Waals surface area contributed by atoms with Crippen LogP contribution in [-0.2, 0) is 6.54 Å². The zero-order chi connectivity index (χ0) is 15.0. The standard InChI is InChI=1S/C17H19N3O/c1-11-7-8-15(21-3)13(9-11)17-14(10-18)20-12(2)5-4-6-16(20)19-17/h4-9H,10,18H2,1-3H3. The smallest absolute Gasteiger partial charge is 0.137 e. The number of nitrogens with zero attached hydrogens (tertiary/aromatic N) is 2. The first-order chi connectivity index (χ1) is 10.2. The number of rotatable bonds is 3. The highest BCUT2D eigenvalue weighted by molar-refractivity contribution is 5.73. The molecule has 4 heteroatoms. The Morgan fingerprint density at radius 2 is 2.00 bits per heavy atom. The van der Waals surface area contributed by atoms with E-state index >= 15 is 0 Å². The highest BCUT2D eigenvalue weighted by Crippen LogP contribution is 2.33. The van der Waals surface area contributed by atoms with Crippen molar-refractivity contribution in [2.24, 2.45) is 5.73 Å². The Bertz CT molecular complexity index is 805. The van der Waals surface area contributed by atoms with Crippen LogP contribution in [0.3, 0.4) is 0 Å². The molecule has 0 amide bonds. The first kappa shape index (κ1) is 13.6. The molecule has 2 N–H and O–H groups in total. The second-order valence-electron chi connectivity index (χ2n) is 5.18. The van der Waals surface area contributed by atoms with E-state index in [-0.39, 0.29) is 0 Å². The van der Waals surface area contributed by atoms with E-state index in [0.29, 0.717) is 6.54 Å². The van der Waals surface area contributed by atoms with Crippen molar-refractivity contribution in [1.29, 1.82) is 0 Å². The normalized spacial score (nSPS) is 11.0. The van der Waals surface area contributed by atoms with Gasteiger partial charge in [0.25, 0.3) is 0 Å². The first-order valence-electron chi connectivity index (χ1n) is 6.97. The van der Waals surface area contributed by atoms with Crippen LogP contribution in [0, 0.1) is 13.8 Å². The van der Waals surface area contributed by atoms with Gasteiger partial charge in [-0.1, -0.05) is 17.7 Å². The van der Waals surface area contributed by atoms with E-state index in [1.165, 1.54) is 5.56 Å². The van der Waals surface area contributed by atoms with Gasteiger partial charge in [0, 0.05) is 17.8 Å². The highest BCUT2D eigenvalue weighted by atomic mass is 16.5. The maximum atomic E-state index is 6.00. The number of benzene rings is 1. The van der Waals surface area contributed by atoms with E-state index in [9.17, 15) is 0 Å². The number of ether oxygens (including phenoxy) is 1. The van der Waals surface area contributed by atoms with Crippen molar-refractivity contribution in [2.45, 2.75) is 20.4 Å². The number of methoxy groups -OCH3 is 1. The van der Waals surface area contributed by atoms with Crippen molar-refractivity contribution in [3.05, 3.63) is 53.3 Å². The fraction of sp³-hybridized carbons (Fsp3) is 0.235. The van der Waals surface area contributed by atoms with Gasteiger partial charge < -0.3 is 10.5 Å². The maximum Gasteiger partial charge on any atom is 0.137 e. The minimum atomic E-state index is 0.429. The number of imidazole rings is 1. The summed E-state index contributed by atoms with van der Waals surface area (Å²) in [6.07, 6.45) is 0. The number of hydrogen-bond donors (Lipinski definition) is 1. The van der Waals surface area contributed by atoms with Crippen molar-refractivity contribution in [1.82, 2.24) is 9.38 Å². The van der Waals surface area contributed by atoms with Crippen LogP contribution < -0.4 is 10.5 Å². The molecule has 0 saturated carbocycles. The summed E-state index contributed by atoms with van der Waals surface area (Å²) in [7, 11) is 1.68. The summed E-state index contributed by atoms with van der Waals surface area (Å²) in [5, 5.41) is 0. The lowest BCUT2D eigenvalue weighted by Crippen LogP contribution is -2.04. The Morgan fingerprint density at radius 3 is 2.71 bits per heavy atom. The van der Waals surface area contributed by atoms with Crippen molar-refractivity contribution >= 4 is 5.65 Å². The minimum absolute atomic E-state index is 0.429. The Morgan fingerprint density at radius 1 is 1.19 bits per heavy atom. The Kier molecular flexibility index (Phi) is 3.39. The van der Waals surface area contributed by atoms with Crippen LogP contribution in [0.15, 0.2) is 36.4 Å².